The van der Waals surface area contributed by atoms with E-state index in [-0.39, 0.29) is 0 Å². The van der Waals surface area contributed by atoms with E-state index in [0.717, 1.165) is 19.0 Å². The van der Waals surface area contributed by atoms with Gasteiger partial charge in [0.25, 0.3) is 0 Å². The van der Waals surface area contributed by atoms with Gasteiger partial charge in [0.15, 0.2) is 0 Å². The Kier molecular flexibility index (Phi) is 4.43. The molecule has 2 rings (SSSR count). The van der Waals surface area contributed by atoms with Crippen molar-refractivity contribution in [3.05, 3.63) is 24.0 Å². The molecular formula is C13H23N3. The Bertz CT molecular complexity index is 281. The SMILES string of the molecule is CCCN1CCC(CNCc2cc[nH]c2)C1. The Morgan fingerprint density at radius 3 is 3.25 bits per heavy atom. The lowest BCUT2D eigenvalue weighted by atomic mass is 10.1. The van der Waals surface area contributed by atoms with Gasteiger partial charge in [-0.3, -0.25) is 0 Å². The number of likely N-dealkylation sites (tertiary alicyclic amines) is 1. The molecule has 1 saturated heterocycles. The summed E-state index contributed by atoms with van der Waals surface area (Å²) >= 11 is 0. The average molecular weight is 221 g/mol. The molecule has 0 aliphatic carbocycles. The molecule has 0 spiro atoms. The molecule has 0 saturated carbocycles. The molecule has 90 valence electrons. The van der Waals surface area contributed by atoms with Crippen molar-refractivity contribution in [1.82, 2.24) is 15.2 Å². The lowest BCUT2D eigenvalue weighted by Crippen LogP contribution is -2.26. The zero-order valence-electron chi connectivity index (χ0n) is 10.2. The van der Waals surface area contributed by atoms with Gasteiger partial charge in [-0.05, 0) is 50.0 Å². The second kappa shape index (κ2) is 6.06. The first-order valence-corrected chi connectivity index (χ1v) is 6.43. The van der Waals surface area contributed by atoms with E-state index in [1.807, 2.05) is 6.20 Å². The van der Waals surface area contributed by atoms with Crippen LogP contribution in [0.5, 0.6) is 0 Å². The third kappa shape index (κ3) is 3.35. The van der Waals surface area contributed by atoms with Gasteiger partial charge in [-0.2, -0.15) is 0 Å². The Labute approximate surface area is 98.2 Å². The Morgan fingerprint density at radius 2 is 2.50 bits per heavy atom. The molecular weight excluding hydrogens is 198 g/mol. The number of hydrogen-bond donors (Lipinski definition) is 2. The molecule has 1 fully saturated rings. The summed E-state index contributed by atoms with van der Waals surface area (Å²) in [7, 11) is 0. The largest absolute Gasteiger partial charge is 0.367 e. The normalized spacial score (nSPS) is 21.7. The second-order valence-electron chi connectivity index (χ2n) is 4.81. The van der Waals surface area contributed by atoms with Crippen LogP contribution in [0.3, 0.4) is 0 Å². The number of nitrogens with zero attached hydrogens (tertiary/aromatic N) is 1. The van der Waals surface area contributed by atoms with Crippen LogP contribution in [-0.2, 0) is 6.54 Å². The molecule has 1 aromatic rings. The van der Waals surface area contributed by atoms with E-state index in [1.165, 1.54) is 38.0 Å². The Morgan fingerprint density at radius 1 is 1.56 bits per heavy atom. The molecule has 2 heterocycles. The monoisotopic (exact) mass is 221 g/mol. The maximum atomic E-state index is 3.55. The maximum absolute atomic E-state index is 3.55. The molecule has 1 unspecified atom stereocenters. The van der Waals surface area contributed by atoms with Crippen LogP contribution in [0.4, 0.5) is 0 Å². The molecule has 1 aliphatic heterocycles. The van der Waals surface area contributed by atoms with Crippen LogP contribution in [0.2, 0.25) is 0 Å². The van der Waals surface area contributed by atoms with E-state index in [1.54, 1.807) is 0 Å². The van der Waals surface area contributed by atoms with Crippen molar-refractivity contribution >= 4 is 0 Å². The molecule has 1 aliphatic rings. The number of H-pyrrole nitrogens is 1. The van der Waals surface area contributed by atoms with Gasteiger partial charge in [-0.15, -0.1) is 0 Å². The molecule has 0 bridgehead atoms. The van der Waals surface area contributed by atoms with Crippen molar-refractivity contribution in [2.24, 2.45) is 5.92 Å². The summed E-state index contributed by atoms with van der Waals surface area (Å²) in [5, 5.41) is 3.55. The zero-order valence-corrected chi connectivity index (χ0v) is 10.2. The summed E-state index contributed by atoms with van der Waals surface area (Å²) in [6, 6.07) is 2.13. The summed E-state index contributed by atoms with van der Waals surface area (Å²) in [5.41, 5.74) is 1.35. The molecule has 3 nitrogen and oxygen atoms in total. The molecule has 0 aromatic carbocycles. The first-order valence-electron chi connectivity index (χ1n) is 6.43. The van der Waals surface area contributed by atoms with Gasteiger partial charge in [0, 0.05) is 25.5 Å². The molecule has 2 N–H and O–H groups in total. The van der Waals surface area contributed by atoms with Gasteiger partial charge in [0.1, 0.15) is 0 Å². The van der Waals surface area contributed by atoms with Crippen LogP contribution in [0.15, 0.2) is 18.5 Å². The van der Waals surface area contributed by atoms with Crippen molar-refractivity contribution in [2.75, 3.05) is 26.2 Å². The summed E-state index contributed by atoms with van der Waals surface area (Å²) in [6.45, 7) is 8.27. The summed E-state index contributed by atoms with van der Waals surface area (Å²) in [6.07, 6.45) is 6.68. The molecule has 16 heavy (non-hydrogen) atoms. The average Bonchev–Trinajstić information content (AvgIpc) is 2.90. The highest BCUT2D eigenvalue weighted by molar-refractivity contribution is 5.07. The minimum absolute atomic E-state index is 0.852. The summed E-state index contributed by atoms with van der Waals surface area (Å²) in [4.78, 5) is 5.67. The number of hydrogen-bond acceptors (Lipinski definition) is 2. The minimum atomic E-state index is 0.852. The fraction of sp³-hybridized carbons (Fsp3) is 0.692. The first-order chi connectivity index (χ1) is 7.88. The second-order valence-corrected chi connectivity index (χ2v) is 4.81. The number of rotatable bonds is 6. The third-order valence-electron chi connectivity index (χ3n) is 3.33. The van der Waals surface area contributed by atoms with Crippen molar-refractivity contribution in [2.45, 2.75) is 26.3 Å². The Balaban J connectivity index is 1.60. The number of aromatic nitrogens is 1. The zero-order chi connectivity index (χ0) is 11.2. The predicted octanol–water partition coefficient (Wildman–Crippen LogP) is 1.84. The van der Waals surface area contributed by atoms with Gasteiger partial charge in [0.2, 0.25) is 0 Å². The fourth-order valence-corrected chi connectivity index (χ4v) is 2.49. The molecule has 1 aromatic heterocycles. The highest BCUT2D eigenvalue weighted by Crippen LogP contribution is 2.15. The standard InChI is InChI=1S/C13H23N3/c1-2-6-16-7-4-13(11-16)10-15-9-12-3-5-14-8-12/h3,5,8,13-15H,2,4,6-7,9-11H2,1H3. The smallest absolute Gasteiger partial charge is 0.0220 e. The van der Waals surface area contributed by atoms with Crippen LogP contribution in [-0.4, -0.2) is 36.1 Å². The van der Waals surface area contributed by atoms with E-state index in [9.17, 15) is 0 Å². The molecule has 0 amide bonds. The highest BCUT2D eigenvalue weighted by atomic mass is 15.1. The van der Waals surface area contributed by atoms with E-state index >= 15 is 0 Å². The van der Waals surface area contributed by atoms with Crippen molar-refractivity contribution in [1.29, 1.82) is 0 Å². The van der Waals surface area contributed by atoms with Gasteiger partial charge in [-0.25, -0.2) is 0 Å². The fourth-order valence-electron chi connectivity index (χ4n) is 2.49. The highest BCUT2D eigenvalue weighted by Gasteiger charge is 2.20. The lowest BCUT2D eigenvalue weighted by molar-refractivity contribution is 0.322. The predicted molar refractivity (Wildman–Crippen MR) is 67.3 cm³/mol. The van der Waals surface area contributed by atoms with Crippen molar-refractivity contribution in [3.63, 3.8) is 0 Å². The van der Waals surface area contributed by atoms with Crippen LogP contribution in [0, 0.1) is 5.92 Å². The van der Waals surface area contributed by atoms with Gasteiger partial charge in [0.05, 0.1) is 0 Å². The Hall–Kier alpha value is -0.800. The van der Waals surface area contributed by atoms with E-state index in [4.69, 9.17) is 0 Å². The molecule has 0 radical (unpaired) electrons. The quantitative estimate of drug-likeness (QED) is 0.768. The third-order valence-corrected chi connectivity index (χ3v) is 3.33. The van der Waals surface area contributed by atoms with Crippen molar-refractivity contribution < 1.29 is 0 Å². The summed E-state index contributed by atoms with van der Waals surface area (Å²) in [5.74, 6) is 0.852. The summed E-state index contributed by atoms with van der Waals surface area (Å²) < 4.78 is 0. The van der Waals surface area contributed by atoms with Crippen LogP contribution in [0.1, 0.15) is 25.3 Å². The number of aromatic amines is 1. The van der Waals surface area contributed by atoms with Crippen LogP contribution < -0.4 is 5.32 Å². The maximum Gasteiger partial charge on any atom is 0.0220 e. The van der Waals surface area contributed by atoms with Crippen LogP contribution >= 0.6 is 0 Å². The topological polar surface area (TPSA) is 31.1 Å². The van der Waals surface area contributed by atoms with E-state index in [0.29, 0.717) is 0 Å². The van der Waals surface area contributed by atoms with E-state index < -0.39 is 0 Å². The van der Waals surface area contributed by atoms with Crippen LogP contribution in [0.25, 0.3) is 0 Å². The van der Waals surface area contributed by atoms with Gasteiger partial charge >= 0.3 is 0 Å². The van der Waals surface area contributed by atoms with Crippen molar-refractivity contribution in [3.8, 4) is 0 Å². The van der Waals surface area contributed by atoms with Gasteiger partial charge < -0.3 is 15.2 Å². The van der Waals surface area contributed by atoms with Gasteiger partial charge in [-0.1, -0.05) is 6.92 Å². The molecule has 1 atom stereocenters. The minimum Gasteiger partial charge on any atom is -0.367 e. The number of nitrogens with one attached hydrogen (secondary N) is 2. The van der Waals surface area contributed by atoms with E-state index in [2.05, 4.69) is 34.4 Å². The lowest BCUT2D eigenvalue weighted by Gasteiger charge is -2.14. The molecule has 3 heteroatoms. The first kappa shape index (κ1) is 11.7.